The molecule has 1 aromatic heterocycles. The van der Waals surface area contributed by atoms with Gasteiger partial charge in [-0.2, -0.15) is 0 Å². The number of carbonyl (C=O) groups excluding carboxylic acids is 1. The van der Waals surface area contributed by atoms with E-state index in [1.165, 1.54) is 30.4 Å². The number of hydrogen-bond acceptors (Lipinski definition) is 4. The van der Waals surface area contributed by atoms with Gasteiger partial charge in [0.2, 0.25) is 5.91 Å². The minimum Gasteiger partial charge on any atom is -0.355 e. The molecule has 2 atom stereocenters. The molecule has 2 unspecified atom stereocenters. The van der Waals surface area contributed by atoms with Crippen LogP contribution in [0.2, 0.25) is 0 Å². The zero-order valence-electron chi connectivity index (χ0n) is 19.4. The van der Waals surface area contributed by atoms with Gasteiger partial charge in [-0.05, 0) is 74.5 Å². The van der Waals surface area contributed by atoms with Gasteiger partial charge in [0.25, 0.3) is 0 Å². The van der Waals surface area contributed by atoms with Crippen LogP contribution >= 0.6 is 0 Å². The Morgan fingerprint density at radius 2 is 1.94 bits per heavy atom. The van der Waals surface area contributed by atoms with Crippen LogP contribution in [0.5, 0.6) is 0 Å². The van der Waals surface area contributed by atoms with Gasteiger partial charge in [0.05, 0.1) is 5.52 Å². The van der Waals surface area contributed by atoms with Crippen molar-refractivity contribution in [3.8, 4) is 0 Å². The first-order chi connectivity index (χ1) is 15.6. The Morgan fingerprint density at radius 3 is 2.69 bits per heavy atom. The molecule has 2 aromatic carbocycles. The summed E-state index contributed by atoms with van der Waals surface area (Å²) in [4.78, 5) is 19.8. The van der Waals surface area contributed by atoms with Gasteiger partial charge < -0.3 is 15.5 Å². The highest BCUT2D eigenvalue weighted by Gasteiger charge is 2.30. The summed E-state index contributed by atoms with van der Waals surface area (Å²) < 4.78 is 0. The van der Waals surface area contributed by atoms with E-state index in [1.54, 1.807) is 0 Å². The van der Waals surface area contributed by atoms with E-state index in [9.17, 15) is 4.79 Å². The number of rotatable bonds is 8. The van der Waals surface area contributed by atoms with E-state index in [4.69, 9.17) is 4.98 Å². The van der Waals surface area contributed by atoms with Gasteiger partial charge in [-0.15, -0.1) is 0 Å². The Kier molecular flexibility index (Phi) is 7.05. The van der Waals surface area contributed by atoms with E-state index < -0.39 is 0 Å². The molecule has 1 aliphatic rings. The molecule has 0 radical (unpaired) electrons. The molecule has 0 aliphatic heterocycles. The highest BCUT2D eigenvalue weighted by Crippen LogP contribution is 2.30. The number of benzene rings is 2. The van der Waals surface area contributed by atoms with E-state index in [1.807, 2.05) is 30.3 Å². The van der Waals surface area contributed by atoms with Crippen molar-refractivity contribution >= 4 is 28.3 Å². The van der Waals surface area contributed by atoms with Crippen molar-refractivity contribution in [1.82, 2.24) is 10.3 Å². The number of hydrogen-bond donors (Lipinski definition) is 2. The van der Waals surface area contributed by atoms with Crippen molar-refractivity contribution in [2.45, 2.75) is 57.5 Å². The van der Waals surface area contributed by atoms with Gasteiger partial charge >= 0.3 is 0 Å². The lowest BCUT2D eigenvalue weighted by molar-refractivity contribution is -0.116. The van der Waals surface area contributed by atoms with Crippen molar-refractivity contribution in [3.63, 3.8) is 0 Å². The first kappa shape index (κ1) is 22.3. The Morgan fingerprint density at radius 1 is 1.12 bits per heavy atom. The van der Waals surface area contributed by atoms with Crippen LogP contribution in [0, 0.1) is 0 Å². The molecule has 5 nitrogen and oxygen atoms in total. The summed E-state index contributed by atoms with van der Waals surface area (Å²) in [6.45, 7) is 2.18. The molecule has 1 aliphatic carbocycles. The number of aryl methyl sites for hydroxylation is 2. The molecule has 1 fully saturated rings. The molecule has 0 spiro atoms. The lowest BCUT2D eigenvalue weighted by Gasteiger charge is -2.31. The topological polar surface area (TPSA) is 57.3 Å². The highest BCUT2D eigenvalue weighted by molar-refractivity contribution is 5.95. The van der Waals surface area contributed by atoms with Crippen molar-refractivity contribution in [2.24, 2.45) is 0 Å². The third-order valence-electron chi connectivity index (χ3n) is 6.74. The van der Waals surface area contributed by atoms with Crippen molar-refractivity contribution in [2.75, 3.05) is 24.3 Å². The van der Waals surface area contributed by atoms with Gasteiger partial charge in [0.15, 0.2) is 0 Å². The molecule has 1 saturated carbocycles. The minimum atomic E-state index is 0.0369. The summed E-state index contributed by atoms with van der Waals surface area (Å²) >= 11 is 0. The molecule has 2 N–H and O–H groups in total. The van der Waals surface area contributed by atoms with Crippen LogP contribution in [0.15, 0.2) is 54.6 Å². The van der Waals surface area contributed by atoms with Gasteiger partial charge in [-0.1, -0.05) is 37.3 Å². The highest BCUT2D eigenvalue weighted by atomic mass is 16.1. The van der Waals surface area contributed by atoms with Gasteiger partial charge in [0, 0.05) is 36.6 Å². The van der Waals surface area contributed by atoms with E-state index in [-0.39, 0.29) is 5.91 Å². The third-order valence-corrected chi connectivity index (χ3v) is 6.74. The number of nitrogens with one attached hydrogen (secondary N) is 2. The maximum Gasteiger partial charge on any atom is 0.224 e. The molecule has 1 amide bonds. The van der Waals surface area contributed by atoms with Crippen LogP contribution in [-0.4, -0.2) is 37.1 Å². The fourth-order valence-electron chi connectivity index (χ4n) is 4.87. The summed E-state index contributed by atoms with van der Waals surface area (Å²) in [5, 5.41) is 7.65. The molecule has 0 bridgehead atoms. The molecular weight excluding hydrogens is 396 g/mol. The molecule has 3 aromatic rings. The standard InChI is InChI=1S/C27H34N4O/c1-4-20-17-26(31(3)25-12-8-11-24(25)28-2)30-23-15-14-21(18-22(20)23)29-27(32)16-13-19-9-6-5-7-10-19/h5-7,9-10,14-15,17-18,24-25,28H,4,8,11-13,16H2,1-3H3,(H,29,32). The zero-order chi connectivity index (χ0) is 22.5. The quantitative estimate of drug-likeness (QED) is 0.531. The van der Waals surface area contributed by atoms with E-state index in [2.05, 4.69) is 60.8 Å². The first-order valence-corrected chi connectivity index (χ1v) is 11.8. The largest absolute Gasteiger partial charge is 0.355 e. The lowest BCUT2D eigenvalue weighted by atomic mass is 10.0. The number of amides is 1. The summed E-state index contributed by atoms with van der Waals surface area (Å²) in [5.74, 6) is 1.07. The second kappa shape index (κ2) is 10.1. The molecular formula is C27H34N4O. The second-order valence-electron chi connectivity index (χ2n) is 8.76. The number of likely N-dealkylation sites (N-methyl/N-ethyl adjacent to an activating group) is 2. The third kappa shape index (κ3) is 4.94. The number of carbonyl (C=O) groups is 1. The zero-order valence-corrected chi connectivity index (χ0v) is 19.4. The fraction of sp³-hybridized carbons (Fsp3) is 0.407. The van der Waals surface area contributed by atoms with E-state index in [0.29, 0.717) is 18.5 Å². The maximum atomic E-state index is 12.5. The number of pyridine rings is 1. The number of aromatic nitrogens is 1. The Bertz CT molecular complexity index is 1070. The Hall–Kier alpha value is -2.92. The van der Waals surface area contributed by atoms with Gasteiger partial charge in [-0.3, -0.25) is 4.79 Å². The van der Waals surface area contributed by atoms with Crippen molar-refractivity contribution < 1.29 is 4.79 Å². The Labute approximate surface area is 191 Å². The smallest absolute Gasteiger partial charge is 0.224 e. The average Bonchev–Trinajstić information content (AvgIpc) is 3.31. The maximum absolute atomic E-state index is 12.5. The minimum absolute atomic E-state index is 0.0369. The second-order valence-corrected chi connectivity index (χ2v) is 8.76. The molecule has 5 heteroatoms. The lowest BCUT2D eigenvalue weighted by Crippen LogP contribution is -2.44. The normalized spacial score (nSPS) is 18.1. The molecule has 4 rings (SSSR count). The van der Waals surface area contributed by atoms with Crippen molar-refractivity contribution in [3.05, 3.63) is 65.7 Å². The fourth-order valence-corrected chi connectivity index (χ4v) is 4.87. The predicted molar refractivity (Wildman–Crippen MR) is 133 cm³/mol. The molecule has 168 valence electrons. The Balaban J connectivity index is 1.51. The predicted octanol–water partition coefficient (Wildman–Crippen LogP) is 4.95. The average molecular weight is 431 g/mol. The van der Waals surface area contributed by atoms with Crippen LogP contribution in [0.4, 0.5) is 11.5 Å². The van der Waals surface area contributed by atoms with E-state index in [0.717, 1.165) is 35.2 Å². The summed E-state index contributed by atoms with van der Waals surface area (Å²) in [5.41, 5.74) is 4.25. The molecule has 32 heavy (non-hydrogen) atoms. The number of fused-ring (bicyclic) bond motifs is 1. The SMILES string of the molecule is CCc1cc(N(C)C2CCCC2NC)nc2ccc(NC(=O)CCc3ccccc3)cc12. The van der Waals surface area contributed by atoms with Crippen LogP contribution in [0.3, 0.4) is 0 Å². The number of nitrogens with zero attached hydrogens (tertiary/aromatic N) is 2. The van der Waals surface area contributed by atoms with Crippen molar-refractivity contribution in [1.29, 1.82) is 0 Å². The summed E-state index contributed by atoms with van der Waals surface area (Å²) in [7, 11) is 4.22. The number of anilines is 2. The molecule has 0 saturated heterocycles. The molecule has 1 heterocycles. The van der Waals surface area contributed by atoms with Crippen LogP contribution < -0.4 is 15.5 Å². The van der Waals surface area contributed by atoms with Crippen LogP contribution in [0.1, 0.15) is 43.7 Å². The van der Waals surface area contributed by atoms with Crippen LogP contribution in [0.25, 0.3) is 10.9 Å². The van der Waals surface area contributed by atoms with Gasteiger partial charge in [-0.25, -0.2) is 4.98 Å². The first-order valence-electron chi connectivity index (χ1n) is 11.8. The summed E-state index contributed by atoms with van der Waals surface area (Å²) in [6.07, 6.45) is 5.79. The van der Waals surface area contributed by atoms with E-state index >= 15 is 0 Å². The summed E-state index contributed by atoms with van der Waals surface area (Å²) in [6, 6.07) is 19.4. The monoisotopic (exact) mass is 430 g/mol. The van der Waals surface area contributed by atoms with Gasteiger partial charge in [0.1, 0.15) is 5.82 Å². The van der Waals surface area contributed by atoms with Crippen LogP contribution in [-0.2, 0) is 17.6 Å².